The average molecular weight is 354 g/mol. The van der Waals surface area contributed by atoms with Gasteiger partial charge in [0.25, 0.3) is 0 Å². The van der Waals surface area contributed by atoms with Gasteiger partial charge in [0.2, 0.25) is 0 Å². The molecule has 2 aromatic rings. The maximum Gasteiger partial charge on any atom is 0.133 e. The lowest BCUT2D eigenvalue weighted by Gasteiger charge is -2.24. The Kier molecular flexibility index (Phi) is 5.33. The van der Waals surface area contributed by atoms with Gasteiger partial charge in [0, 0.05) is 12.6 Å². The fraction of sp³-hybridized carbons (Fsp3) is 0.455. The van der Waals surface area contributed by atoms with Gasteiger partial charge in [-0.2, -0.15) is 0 Å². The smallest absolute Gasteiger partial charge is 0.133 e. The maximum absolute atomic E-state index is 6.13. The molecule has 2 nitrogen and oxygen atoms in total. The van der Waals surface area contributed by atoms with Crippen LogP contribution in [-0.4, -0.2) is 36.9 Å². The Balaban J connectivity index is 1.25. The summed E-state index contributed by atoms with van der Waals surface area (Å²) in [5.41, 5.74) is 4.53. The lowest BCUT2D eigenvalue weighted by molar-refractivity contribution is 0.217. The normalized spacial score (nSPS) is 16.7. The Bertz CT molecular complexity index is 705. The Labute approximate surface area is 155 Å². The summed E-state index contributed by atoms with van der Waals surface area (Å²) in [6.07, 6.45) is 5.95. The Morgan fingerprint density at radius 1 is 1.04 bits per heavy atom. The first kappa shape index (κ1) is 17.0. The molecule has 2 aromatic carbocycles. The number of thioether (sulfide) groups is 1. The lowest BCUT2D eigenvalue weighted by atomic mass is 10.1. The minimum atomic E-state index is 0.650. The Hall–Kier alpha value is -1.45. The molecule has 4 rings (SSSR count). The van der Waals surface area contributed by atoms with Crippen molar-refractivity contribution in [3.8, 4) is 5.75 Å². The van der Waals surface area contributed by atoms with Crippen molar-refractivity contribution in [1.29, 1.82) is 0 Å². The van der Waals surface area contributed by atoms with E-state index < -0.39 is 0 Å². The highest BCUT2D eigenvalue weighted by atomic mass is 32.2. The SMILES string of the molecule is CN(CCCOc1cccc2c1SCCC2)C1Cc2ccccc2C1. The minimum absolute atomic E-state index is 0.650. The third kappa shape index (κ3) is 3.88. The van der Waals surface area contributed by atoms with E-state index in [4.69, 9.17) is 4.74 Å². The second-order valence-corrected chi connectivity index (χ2v) is 8.31. The molecule has 0 saturated heterocycles. The van der Waals surface area contributed by atoms with Gasteiger partial charge in [-0.1, -0.05) is 36.4 Å². The summed E-state index contributed by atoms with van der Waals surface area (Å²) in [6, 6.07) is 16.1. The van der Waals surface area contributed by atoms with E-state index in [0.717, 1.165) is 25.3 Å². The van der Waals surface area contributed by atoms with Gasteiger partial charge in [0.15, 0.2) is 0 Å². The van der Waals surface area contributed by atoms with Gasteiger partial charge in [-0.05, 0) is 67.7 Å². The predicted molar refractivity (Wildman–Crippen MR) is 106 cm³/mol. The number of hydrogen-bond donors (Lipinski definition) is 0. The van der Waals surface area contributed by atoms with E-state index in [9.17, 15) is 0 Å². The first-order valence-electron chi connectivity index (χ1n) is 9.46. The first-order chi connectivity index (χ1) is 12.3. The van der Waals surface area contributed by atoms with Gasteiger partial charge >= 0.3 is 0 Å². The molecule has 0 atom stereocenters. The van der Waals surface area contributed by atoms with Crippen LogP contribution in [-0.2, 0) is 19.3 Å². The van der Waals surface area contributed by atoms with Crippen molar-refractivity contribution in [2.24, 2.45) is 0 Å². The molecule has 0 spiro atoms. The quantitative estimate of drug-likeness (QED) is 0.705. The molecule has 0 fully saturated rings. The largest absolute Gasteiger partial charge is 0.492 e. The topological polar surface area (TPSA) is 12.5 Å². The number of hydrogen-bond acceptors (Lipinski definition) is 3. The van der Waals surface area contributed by atoms with Gasteiger partial charge in [-0.25, -0.2) is 0 Å². The molecule has 0 bridgehead atoms. The third-order valence-electron chi connectivity index (χ3n) is 5.46. The highest BCUT2D eigenvalue weighted by molar-refractivity contribution is 7.99. The maximum atomic E-state index is 6.13. The van der Waals surface area contributed by atoms with Crippen molar-refractivity contribution in [3.63, 3.8) is 0 Å². The van der Waals surface area contributed by atoms with Crippen LogP contribution >= 0.6 is 11.8 Å². The Morgan fingerprint density at radius 3 is 2.60 bits per heavy atom. The fourth-order valence-electron chi connectivity index (χ4n) is 4.00. The highest BCUT2D eigenvalue weighted by Gasteiger charge is 2.24. The molecule has 0 radical (unpaired) electrons. The molecule has 0 N–H and O–H groups in total. The molecule has 1 aliphatic carbocycles. The summed E-state index contributed by atoms with van der Waals surface area (Å²) in [7, 11) is 2.26. The molecule has 25 heavy (non-hydrogen) atoms. The standard InChI is InChI=1S/C22H27NOS/c1-23(20-15-18-7-2-3-8-19(18)16-20)12-6-13-24-21-11-4-9-17-10-5-14-25-22(17)21/h2-4,7-9,11,20H,5-6,10,12-16H2,1H3. The molecular formula is C22H27NOS. The Morgan fingerprint density at radius 2 is 1.80 bits per heavy atom. The third-order valence-corrected chi connectivity index (χ3v) is 6.71. The van der Waals surface area contributed by atoms with Crippen LogP contribution in [0.2, 0.25) is 0 Å². The highest BCUT2D eigenvalue weighted by Crippen LogP contribution is 2.37. The van der Waals surface area contributed by atoms with E-state index in [0.29, 0.717) is 6.04 Å². The zero-order chi connectivity index (χ0) is 17.1. The number of ether oxygens (including phenoxy) is 1. The van der Waals surface area contributed by atoms with Gasteiger partial charge in [0.1, 0.15) is 5.75 Å². The summed E-state index contributed by atoms with van der Waals surface area (Å²) < 4.78 is 6.13. The van der Waals surface area contributed by atoms with Crippen LogP contribution in [0.3, 0.4) is 0 Å². The van der Waals surface area contributed by atoms with Crippen molar-refractivity contribution in [3.05, 3.63) is 59.2 Å². The summed E-state index contributed by atoms with van der Waals surface area (Å²) in [4.78, 5) is 3.90. The number of likely N-dealkylation sites (N-methyl/N-ethyl adjacent to an activating group) is 1. The van der Waals surface area contributed by atoms with Crippen LogP contribution in [0.15, 0.2) is 47.4 Å². The van der Waals surface area contributed by atoms with E-state index in [1.807, 2.05) is 11.8 Å². The number of aryl methyl sites for hydroxylation is 1. The molecule has 0 saturated carbocycles. The van der Waals surface area contributed by atoms with Crippen molar-refractivity contribution in [2.75, 3.05) is 26.0 Å². The molecule has 1 heterocycles. The molecule has 0 aromatic heterocycles. The van der Waals surface area contributed by atoms with Crippen LogP contribution in [0.4, 0.5) is 0 Å². The van der Waals surface area contributed by atoms with Crippen LogP contribution in [0, 0.1) is 0 Å². The number of fused-ring (bicyclic) bond motifs is 2. The van der Waals surface area contributed by atoms with E-state index in [1.165, 1.54) is 53.0 Å². The summed E-state index contributed by atoms with van der Waals surface area (Å²) in [6.45, 7) is 1.90. The summed E-state index contributed by atoms with van der Waals surface area (Å²) in [5, 5.41) is 0. The second kappa shape index (κ2) is 7.84. The molecule has 0 unspecified atom stereocenters. The number of nitrogens with zero attached hydrogens (tertiary/aromatic N) is 1. The molecule has 0 amide bonds. The predicted octanol–water partition coefficient (Wildman–Crippen LogP) is 4.59. The zero-order valence-corrected chi connectivity index (χ0v) is 15.9. The molecule has 132 valence electrons. The second-order valence-electron chi connectivity index (χ2n) is 7.21. The lowest BCUT2D eigenvalue weighted by Crippen LogP contribution is -2.33. The fourth-order valence-corrected chi connectivity index (χ4v) is 5.12. The minimum Gasteiger partial charge on any atom is -0.492 e. The van der Waals surface area contributed by atoms with E-state index in [2.05, 4.69) is 54.4 Å². The molecular weight excluding hydrogens is 326 g/mol. The van der Waals surface area contributed by atoms with E-state index in [1.54, 1.807) is 0 Å². The van der Waals surface area contributed by atoms with Gasteiger partial charge in [0.05, 0.1) is 11.5 Å². The number of rotatable bonds is 6. The van der Waals surface area contributed by atoms with Gasteiger partial charge in [-0.3, -0.25) is 0 Å². The van der Waals surface area contributed by atoms with E-state index in [-0.39, 0.29) is 0 Å². The zero-order valence-electron chi connectivity index (χ0n) is 15.0. The summed E-state index contributed by atoms with van der Waals surface area (Å²) >= 11 is 1.96. The van der Waals surface area contributed by atoms with Crippen molar-refractivity contribution in [2.45, 2.75) is 43.0 Å². The molecule has 3 heteroatoms. The van der Waals surface area contributed by atoms with Crippen LogP contribution in [0.1, 0.15) is 29.5 Å². The van der Waals surface area contributed by atoms with Gasteiger partial charge < -0.3 is 9.64 Å². The van der Waals surface area contributed by atoms with Crippen LogP contribution in [0.25, 0.3) is 0 Å². The van der Waals surface area contributed by atoms with Crippen molar-refractivity contribution in [1.82, 2.24) is 4.90 Å². The van der Waals surface area contributed by atoms with Crippen molar-refractivity contribution >= 4 is 11.8 Å². The first-order valence-corrected chi connectivity index (χ1v) is 10.4. The average Bonchev–Trinajstić information content (AvgIpc) is 3.09. The molecule has 2 aliphatic rings. The van der Waals surface area contributed by atoms with Gasteiger partial charge in [-0.15, -0.1) is 11.8 Å². The monoisotopic (exact) mass is 353 g/mol. The van der Waals surface area contributed by atoms with Crippen LogP contribution in [0.5, 0.6) is 5.75 Å². The number of benzene rings is 2. The molecule has 1 aliphatic heterocycles. The van der Waals surface area contributed by atoms with Crippen LogP contribution < -0.4 is 4.74 Å². The van der Waals surface area contributed by atoms with E-state index >= 15 is 0 Å². The summed E-state index contributed by atoms with van der Waals surface area (Å²) in [5.74, 6) is 2.32. The van der Waals surface area contributed by atoms with Crippen molar-refractivity contribution < 1.29 is 4.74 Å².